The zero-order valence-electron chi connectivity index (χ0n) is 7.88. The highest BCUT2D eigenvalue weighted by Gasteiger charge is 2.26. The zero-order valence-corrected chi connectivity index (χ0v) is 8.70. The van der Waals surface area contributed by atoms with Gasteiger partial charge in [-0.2, -0.15) is 10.1 Å². The van der Waals surface area contributed by atoms with Gasteiger partial charge in [-0.1, -0.05) is 42.1 Å². The molecule has 0 aliphatic carbocycles. The van der Waals surface area contributed by atoms with E-state index < -0.39 is 0 Å². The van der Waals surface area contributed by atoms with Gasteiger partial charge in [-0.3, -0.25) is 10.2 Å². The maximum atomic E-state index is 11.3. The average molecular weight is 219 g/mol. The van der Waals surface area contributed by atoms with Gasteiger partial charge in [-0.25, -0.2) is 0 Å². The van der Waals surface area contributed by atoms with Crippen LogP contribution >= 0.6 is 11.8 Å². The Bertz CT molecular complexity index is 400. The van der Waals surface area contributed by atoms with Crippen molar-refractivity contribution in [2.24, 2.45) is 5.10 Å². The van der Waals surface area contributed by atoms with Crippen molar-refractivity contribution in [3.8, 4) is 0 Å². The molecule has 1 aliphatic rings. The van der Waals surface area contributed by atoms with Crippen molar-refractivity contribution < 1.29 is 4.79 Å². The van der Waals surface area contributed by atoms with E-state index in [4.69, 9.17) is 5.41 Å². The molecule has 0 spiro atoms. The Morgan fingerprint density at radius 1 is 1.40 bits per heavy atom. The van der Waals surface area contributed by atoms with Crippen LogP contribution in [-0.2, 0) is 4.79 Å². The predicted molar refractivity (Wildman–Crippen MR) is 61.1 cm³/mol. The van der Waals surface area contributed by atoms with E-state index in [0.717, 1.165) is 10.6 Å². The van der Waals surface area contributed by atoms with Gasteiger partial charge < -0.3 is 0 Å². The molecule has 2 rings (SSSR count). The van der Waals surface area contributed by atoms with Crippen LogP contribution in [-0.4, -0.2) is 28.1 Å². The monoisotopic (exact) mass is 219 g/mol. The molecule has 76 valence electrons. The van der Waals surface area contributed by atoms with Crippen LogP contribution in [0.4, 0.5) is 0 Å². The molecule has 1 aromatic rings. The highest BCUT2D eigenvalue weighted by atomic mass is 32.2. The number of nitrogens with one attached hydrogen (secondary N) is 1. The standard InChI is InChI=1S/C10H9N3OS/c11-10-13(9(14)7-15-10)12-6-8-4-2-1-3-5-8/h1-6,11H,7H2/b11-10?,12-6-. The number of benzene rings is 1. The molecule has 1 N–H and O–H groups in total. The van der Waals surface area contributed by atoms with Crippen molar-refractivity contribution in [1.29, 1.82) is 5.41 Å². The summed E-state index contributed by atoms with van der Waals surface area (Å²) in [5, 5.41) is 12.7. The number of thioether (sulfide) groups is 1. The third-order valence-corrected chi connectivity index (χ3v) is 2.72. The highest BCUT2D eigenvalue weighted by Crippen LogP contribution is 2.17. The maximum Gasteiger partial charge on any atom is 0.259 e. The van der Waals surface area contributed by atoms with Crippen LogP contribution in [0.5, 0.6) is 0 Å². The lowest BCUT2D eigenvalue weighted by Gasteiger charge is -2.05. The van der Waals surface area contributed by atoms with Gasteiger partial charge in [0.15, 0.2) is 5.17 Å². The van der Waals surface area contributed by atoms with Crippen LogP contribution in [0, 0.1) is 5.41 Å². The van der Waals surface area contributed by atoms with Crippen LogP contribution in [0.1, 0.15) is 5.56 Å². The molecule has 0 atom stereocenters. The lowest BCUT2D eigenvalue weighted by atomic mass is 10.2. The Labute approximate surface area is 91.5 Å². The van der Waals surface area contributed by atoms with E-state index in [1.165, 1.54) is 11.8 Å². The Hall–Kier alpha value is -1.62. The van der Waals surface area contributed by atoms with E-state index in [1.54, 1.807) is 6.21 Å². The van der Waals surface area contributed by atoms with E-state index in [1.807, 2.05) is 30.3 Å². The van der Waals surface area contributed by atoms with E-state index in [0.29, 0.717) is 5.75 Å². The van der Waals surface area contributed by atoms with Crippen molar-refractivity contribution in [3.05, 3.63) is 35.9 Å². The zero-order chi connectivity index (χ0) is 10.7. The average Bonchev–Trinajstić information content (AvgIpc) is 2.58. The number of amidine groups is 1. The first-order valence-electron chi connectivity index (χ1n) is 4.41. The first-order valence-corrected chi connectivity index (χ1v) is 5.39. The SMILES string of the molecule is N=C1SCC(=O)N1/N=C\c1ccccc1. The summed E-state index contributed by atoms with van der Waals surface area (Å²) in [6.07, 6.45) is 1.58. The van der Waals surface area contributed by atoms with Crippen LogP contribution in [0.15, 0.2) is 35.4 Å². The summed E-state index contributed by atoms with van der Waals surface area (Å²) in [7, 11) is 0. The normalized spacial score (nSPS) is 16.7. The van der Waals surface area contributed by atoms with Gasteiger partial charge in [-0.05, 0) is 5.56 Å². The second-order valence-corrected chi connectivity index (χ2v) is 3.92. The third kappa shape index (κ3) is 2.24. The van der Waals surface area contributed by atoms with Crippen LogP contribution < -0.4 is 0 Å². The second-order valence-electron chi connectivity index (χ2n) is 2.95. The van der Waals surface area contributed by atoms with Crippen molar-refractivity contribution in [3.63, 3.8) is 0 Å². The maximum absolute atomic E-state index is 11.3. The van der Waals surface area contributed by atoms with Crippen LogP contribution in [0.2, 0.25) is 0 Å². The molecule has 0 aromatic heterocycles. The quantitative estimate of drug-likeness (QED) is 0.767. The molecule has 0 saturated carbocycles. The molecule has 1 aromatic carbocycles. The Kier molecular flexibility index (Phi) is 2.82. The van der Waals surface area contributed by atoms with Gasteiger partial charge in [0, 0.05) is 0 Å². The number of nitrogens with zero attached hydrogens (tertiary/aromatic N) is 2. The molecular weight excluding hydrogens is 210 g/mol. The Morgan fingerprint density at radius 3 is 2.73 bits per heavy atom. The summed E-state index contributed by atoms with van der Waals surface area (Å²) >= 11 is 1.19. The highest BCUT2D eigenvalue weighted by molar-refractivity contribution is 8.14. The fraction of sp³-hybridized carbons (Fsp3) is 0.100. The molecule has 1 saturated heterocycles. The summed E-state index contributed by atoms with van der Waals surface area (Å²) in [5.74, 6) is 0.169. The number of hydrogen-bond donors (Lipinski definition) is 1. The van der Waals surface area contributed by atoms with Crippen molar-refractivity contribution in [2.45, 2.75) is 0 Å². The second kappa shape index (κ2) is 4.27. The molecule has 1 amide bonds. The molecule has 1 heterocycles. The number of rotatable bonds is 2. The molecule has 15 heavy (non-hydrogen) atoms. The van der Waals surface area contributed by atoms with Crippen LogP contribution in [0.3, 0.4) is 0 Å². The van der Waals surface area contributed by atoms with Crippen molar-refractivity contribution in [2.75, 3.05) is 5.75 Å². The molecule has 0 unspecified atom stereocenters. The van der Waals surface area contributed by atoms with Gasteiger partial charge in [0.1, 0.15) is 0 Å². The predicted octanol–water partition coefficient (Wildman–Crippen LogP) is 1.53. The van der Waals surface area contributed by atoms with E-state index >= 15 is 0 Å². The number of amides is 1. The molecule has 4 nitrogen and oxygen atoms in total. The minimum absolute atomic E-state index is 0.141. The van der Waals surface area contributed by atoms with E-state index in [-0.39, 0.29) is 11.1 Å². The largest absolute Gasteiger partial charge is 0.277 e. The van der Waals surface area contributed by atoms with Crippen molar-refractivity contribution >= 4 is 29.1 Å². The Balaban J connectivity index is 2.12. The van der Waals surface area contributed by atoms with Gasteiger partial charge in [0.05, 0.1) is 12.0 Å². The lowest BCUT2D eigenvalue weighted by Crippen LogP contribution is -2.23. The molecule has 0 bridgehead atoms. The fourth-order valence-electron chi connectivity index (χ4n) is 1.15. The van der Waals surface area contributed by atoms with Gasteiger partial charge >= 0.3 is 0 Å². The topological polar surface area (TPSA) is 56.5 Å². The summed E-state index contributed by atoms with van der Waals surface area (Å²) in [4.78, 5) is 11.3. The number of hydrogen-bond acceptors (Lipinski definition) is 4. The minimum Gasteiger partial charge on any atom is -0.277 e. The summed E-state index contributed by atoms with van der Waals surface area (Å²) in [5.41, 5.74) is 0.912. The smallest absolute Gasteiger partial charge is 0.259 e. The van der Waals surface area contributed by atoms with Crippen molar-refractivity contribution in [1.82, 2.24) is 5.01 Å². The Morgan fingerprint density at radius 2 is 2.13 bits per heavy atom. The lowest BCUT2D eigenvalue weighted by molar-refractivity contribution is -0.124. The molecular formula is C10H9N3OS. The summed E-state index contributed by atoms with van der Waals surface area (Å²) < 4.78 is 0. The first-order chi connectivity index (χ1) is 7.27. The number of carbonyl (C=O) groups excluding carboxylic acids is 1. The number of carbonyl (C=O) groups is 1. The summed E-state index contributed by atoms with van der Waals surface area (Å²) in [6, 6.07) is 9.48. The summed E-state index contributed by atoms with van der Waals surface area (Å²) in [6.45, 7) is 0. The minimum atomic E-state index is -0.141. The molecule has 0 radical (unpaired) electrons. The van der Waals surface area contributed by atoms with Gasteiger partial charge in [0.2, 0.25) is 0 Å². The molecule has 1 fully saturated rings. The van der Waals surface area contributed by atoms with Crippen LogP contribution in [0.25, 0.3) is 0 Å². The first kappa shape index (κ1) is 9.92. The van der Waals surface area contributed by atoms with E-state index in [2.05, 4.69) is 5.10 Å². The van der Waals surface area contributed by atoms with E-state index in [9.17, 15) is 4.79 Å². The molecule has 1 aliphatic heterocycles. The van der Waals surface area contributed by atoms with Gasteiger partial charge in [-0.15, -0.1) is 0 Å². The fourth-order valence-corrected chi connectivity index (χ4v) is 1.80. The molecule has 5 heteroatoms. The van der Waals surface area contributed by atoms with Gasteiger partial charge in [0.25, 0.3) is 5.91 Å². The number of hydrazone groups is 1. The third-order valence-electron chi connectivity index (χ3n) is 1.88.